The molecule has 0 spiro atoms. The van der Waals surface area contributed by atoms with Crippen LogP contribution in [0.2, 0.25) is 0 Å². The van der Waals surface area contributed by atoms with Crippen LogP contribution in [0.5, 0.6) is 0 Å². The second-order valence-corrected chi connectivity index (χ2v) is 4.54. The molecule has 0 saturated heterocycles. The Morgan fingerprint density at radius 1 is 1.24 bits per heavy atom. The van der Waals surface area contributed by atoms with Crippen molar-refractivity contribution >= 4 is 21.6 Å². The zero-order chi connectivity index (χ0) is 12.4. The number of hydrogen-bond acceptors (Lipinski definition) is 3. The number of nitrogen functional groups attached to an aromatic ring is 1. The van der Waals surface area contributed by atoms with Crippen LogP contribution in [0.15, 0.2) is 44.4 Å². The first-order chi connectivity index (χ1) is 8.04. The third-order valence-electron chi connectivity index (χ3n) is 2.21. The molecule has 0 aliphatic heterocycles. The number of aromatic nitrogens is 2. The van der Waals surface area contributed by atoms with Crippen molar-refractivity contribution in [2.75, 3.05) is 5.73 Å². The summed E-state index contributed by atoms with van der Waals surface area (Å²) in [5, 5.41) is 2.46. The molecule has 0 saturated carbocycles. The summed E-state index contributed by atoms with van der Waals surface area (Å²) in [6, 6.07) is 7.80. The third kappa shape index (κ3) is 2.85. The van der Waals surface area contributed by atoms with E-state index >= 15 is 0 Å². The molecule has 1 aromatic heterocycles. The fraction of sp³-hybridized carbons (Fsp3) is 0.0909. The molecule has 3 N–H and O–H groups in total. The second kappa shape index (κ2) is 4.58. The lowest BCUT2D eigenvalue weighted by Crippen LogP contribution is -2.28. The number of anilines is 1. The van der Waals surface area contributed by atoms with E-state index in [4.69, 9.17) is 5.73 Å². The fourth-order valence-corrected chi connectivity index (χ4v) is 2.09. The Labute approximate surface area is 105 Å². The van der Waals surface area contributed by atoms with E-state index in [1.165, 1.54) is 16.8 Å². The molecule has 88 valence electrons. The monoisotopic (exact) mass is 295 g/mol. The lowest BCUT2D eigenvalue weighted by molar-refractivity contribution is 0.627. The molecule has 17 heavy (non-hydrogen) atoms. The van der Waals surface area contributed by atoms with Gasteiger partial charge < -0.3 is 5.73 Å². The maximum atomic E-state index is 11.5. The van der Waals surface area contributed by atoms with Crippen molar-refractivity contribution in [1.29, 1.82) is 0 Å². The first kappa shape index (κ1) is 11.7. The minimum atomic E-state index is -0.312. The largest absolute Gasteiger partial charge is 0.399 e. The van der Waals surface area contributed by atoms with Crippen LogP contribution in [0.4, 0.5) is 5.69 Å². The molecule has 5 nitrogen and oxygen atoms in total. The van der Waals surface area contributed by atoms with Crippen LogP contribution in [0, 0.1) is 0 Å². The molecule has 0 atom stereocenters. The van der Waals surface area contributed by atoms with Gasteiger partial charge in [-0.15, -0.1) is 0 Å². The van der Waals surface area contributed by atoms with Gasteiger partial charge in [-0.25, -0.2) is 4.68 Å². The smallest absolute Gasteiger partial charge is 0.265 e. The summed E-state index contributed by atoms with van der Waals surface area (Å²) in [4.78, 5) is 22.6. The molecule has 0 aliphatic rings. The molecule has 0 radical (unpaired) electrons. The minimum absolute atomic E-state index is 0.261. The van der Waals surface area contributed by atoms with Crippen molar-refractivity contribution in [3.63, 3.8) is 0 Å². The molecule has 6 heteroatoms. The molecular formula is C11H10BrN3O2. The summed E-state index contributed by atoms with van der Waals surface area (Å²) in [7, 11) is 0. The predicted octanol–water partition coefficient (Wildman–Crippen LogP) is 0.930. The Hall–Kier alpha value is -1.82. The van der Waals surface area contributed by atoms with Crippen LogP contribution in [0.1, 0.15) is 5.56 Å². The second-order valence-electron chi connectivity index (χ2n) is 3.63. The first-order valence-electron chi connectivity index (χ1n) is 4.90. The average Bonchev–Trinajstić information content (AvgIpc) is 2.22. The number of hydrogen-bond donors (Lipinski definition) is 2. The summed E-state index contributed by atoms with van der Waals surface area (Å²) < 4.78 is 2.07. The van der Waals surface area contributed by atoms with Gasteiger partial charge in [-0.1, -0.05) is 15.9 Å². The molecule has 1 aromatic carbocycles. The molecule has 0 amide bonds. The molecule has 2 aromatic rings. The Bertz CT molecular complexity index is 640. The standard InChI is InChI=1S/C11H10BrN3O2/c12-8-3-7(4-9(13)5-8)6-15-11(17)2-1-10(16)14-15/h1-5H,6,13H2,(H,14,16). The van der Waals surface area contributed by atoms with E-state index in [0.717, 1.165) is 10.0 Å². The SMILES string of the molecule is Nc1cc(Br)cc(Cn2[nH]c(=O)ccc2=O)c1. The van der Waals surface area contributed by atoms with Crippen molar-refractivity contribution < 1.29 is 0 Å². The molecule has 0 unspecified atom stereocenters. The number of aromatic amines is 1. The highest BCUT2D eigenvalue weighted by molar-refractivity contribution is 9.10. The van der Waals surface area contributed by atoms with E-state index in [2.05, 4.69) is 21.0 Å². The number of nitrogens with zero attached hydrogens (tertiary/aromatic N) is 1. The van der Waals surface area contributed by atoms with Gasteiger partial charge in [0, 0.05) is 22.3 Å². The fourth-order valence-electron chi connectivity index (χ4n) is 1.53. The van der Waals surface area contributed by atoms with Crippen molar-refractivity contribution in [3.05, 3.63) is 61.1 Å². The van der Waals surface area contributed by atoms with Gasteiger partial charge in [0.05, 0.1) is 6.54 Å². The summed E-state index contributed by atoms with van der Waals surface area (Å²) in [5.41, 5.74) is 6.55. The van der Waals surface area contributed by atoms with Gasteiger partial charge in [0.15, 0.2) is 0 Å². The van der Waals surface area contributed by atoms with Gasteiger partial charge in [0.25, 0.3) is 11.1 Å². The summed E-state index contributed by atoms with van der Waals surface area (Å²) in [6.45, 7) is 0.276. The maximum absolute atomic E-state index is 11.5. The third-order valence-corrected chi connectivity index (χ3v) is 2.67. The van der Waals surface area contributed by atoms with Gasteiger partial charge in [0.1, 0.15) is 0 Å². The van der Waals surface area contributed by atoms with Gasteiger partial charge in [-0.05, 0) is 23.8 Å². The van der Waals surface area contributed by atoms with Crippen LogP contribution in [-0.2, 0) is 6.54 Å². The Kier molecular flexibility index (Phi) is 3.14. The van der Waals surface area contributed by atoms with E-state index in [1.807, 2.05) is 6.07 Å². The molecule has 0 fully saturated rings. The van der Waals surface area contributed by atoms with Gasteiger partial charge >= 0.3 is 0 Å². The predicted molar refractivity (Wildman–Crippen MR) is 69.0 cm³/mol. The van der Waals surface area contributed by atoms with Crippen molar-refractivity contribution in [1.82, 2.24) is 9.78 Å². The Balaban J connectivity index is 2.41. The maximum Gasteiger partial charge on any atom is 0.265 e. The summed E-state index contributed by atoms with van der Waals surface area (Å²) in [5.74, 6) is 0. The van der Waals surface area contributed by atoms with E-state index in [0.29, 0.717) is 5.69 Å². The van der Waals surface area contributed by atoms with Crippen LogP contribution in [-0.4, -0.2) is 9.78 Å². The normalized spacial score (nSPS) is 10.4. The van der Waals surface area contributed by atoms with E-state index in [-0.39, 0.29) is 17.7 Å². The van der Waals surface area contributed by atoms with E-state index in [1.54, 1.807) is 12.1 Å². The topological polar surface area (TPSA) is 80.9 Å². The Morgan fingerprint density at radius 3 is 2.71 bits per heavy atom. The number of rotatable bonds is 2. The molecule has 1 heterocycles. The minimum Gasteiger partial charge on any atom is -0.399 e. The van der Waals surface area contributed by atoms with Crippen molar-refractivity contribution in [2.45, 2.75) is 6.54 Å². The van der Waals surface area contributed by atoms with Crippen LogP contribution in [0.25, 0.3) is 0 Å². The Morgan fingerprint density at radius 2 is 2.00 bits per heavy atom. The summed E-state index contributed by atoms with van der Waals surface area (Å²) in [6.07, 6.45) is 0. The highest BCUT2D eigenvalue weighted by Gasteiger charge is 2.01. The molecule has 0 bridgehead atoms. The summed E-state index contributed by atoms with van der Waals surface area (Å²) >= 11 is 3.32. The molecule has 0 aliphatic carbocycles. The van der Waals surface area contributed by atoms with E-state index < -0.39 is 0 Å². The number of nitrogens with two attached hydrogens (primary N) is 1. The highest BCUT2D eigenvalue weighted by atomic mass is 79.9. The van der Waals surface area contributed by atoms with Crippen LogP contribution < -0.4 is 16.9 Å². The average molecular weight is 296 g/mol. The van der Waals surface area contributed by atoms with Crippen molar-refractivity contribution in [2.24, 2.45) is 0 Å². The number of benzene rings is 1. The lowest BCUT2D eigenvalue weighted by Gasteiger charge is -2.06. The van der Waals surface area contributed by atoms with Crippen LogP contribution >= 0.6 is 15.9 Å². The zero-order valence-corrected chi connectivity index (χ0v) is 10.4. The lowest BCUT2D eigenvalue weighted by atomic mass is 10.2. The van der Waals surface area contributed by atoms with E-state index in [9.17, 15) is 9.59 Å². The molecular weight excluding hydrogens is 286 g/mol. The van der Waals surface area contributed by atoms with Gasteiger partial charge in [-0.3, -0.25) is 14.7 Å². The number of nitrogens with one attached hydrogen (secondary N) is 1. The van der Waals surface area contributed by atoms with Crippen molar-refractivity contribution in [3.8, 4) is 0 Å². The zero-order valence-electron chi connectivity index (χ0n) is 8.81. The quantitative estimate of drug-likeness (QED) is 0.809. The number of halogens is 1. The number of H-pyrrole nitrogens is 1. The molecule has 2 rings (SSSR count). The highest BCUT2D eigenvalue weighted by Crippen LogP contribution is 2.17. The first-order valence-corrected chi connectivity index (χ1v) is 5.69. The van der Waals surface area contributed by atoms with Gasteiger partial charge in [0.2, 0.25) is 0 Å². The van der Waals surface area contributed by atoms with Gasteiger partial charge in [-0.2, -0.15) is 0 Å². The van der Waals surface area contributed by atoms with Crippen LogP contribution in [0.3, 0.4) is 0 Å².